The monoisotopic (exact) mass is 284 g/mol. The Morgan fingerprint density at radius 1 is 1.10 bits per heavy atom. The van der Waals surface area contributed by atoms with Crippen molar-refractivity contribution in [3.63, 3.8) is 0 Å². The molecule has 0 spiro atoms. The van der Waals surface area contributed by atoms with Gasteiger partial charge in [0.25, 0.3) is 11.6 Å². The number of aliphatic imine (C=N–C) groups is 1. The number of hydrogen-bond acceptors (Lipinski definition) is 4. The fourth-order valence-electron chi connectivity index (χ4n) is 1.90. The zero-order valence-corrected chi connectivity index (χ0v) is 11.5. The van der Waals surface area contributed by atoms with Crippen LogP contribution in [0.3, 0.4) is 0 Å². The Kier molecular flexibility index (Phi) is 3.89. The standard InChI is InChI=1S/C15H12N2O4/c1-9-7-12(8-10(2)14(9)18)16-15(19)11-3-5-13(6-4-11)17(20)21/h3-8H,1-2H3. The molecule has 2 rings (SSSR count). The first-order valence-corrected chi connectivity index (χ1v) is 6.17. The van der Waals surface area contributed by atoms with Crippen LogP contribution in [-0.4, -0.2) is 22.3 Å². The highest BCUT2D eigenvalue weighted by molar-refractivity contribution is 6.23. The number of allylic oxidation sites excluding steroid dienone is 4. The van der Waals surface area contributed by atoms with Gasteiger partial charge in [0, 0.05) is 17.7 Å². The Morgan fingerprint density at radius 2 is 1.62 bits per heavy atom. The fourth-order valence-corrected chi connectivity index (χ4v) is 1.90. The van der Waals surface area contributed by atoms with E-state index in [1.165, 1.54) is 24.3 Å². The lowest BCUT2D eigenvalue weighted by Crippen LogP contribution is -2.12. The van der Waals surface area contributed by atoms with Gasteiger partial charge in [-0.3, -0.25) is 19.7 Å². The molecule has 0 N–H and O–H groups in total. The SMILES string of the molecule is CC1=CC(=NC(=O)c2ccc([N+](=O)[O-])cc2)C=C(C)C1=O. The Bertz CT molecular complexity index is 701. The van der Waals surface area contributed by atoms with Gasteiger partial charge in [-0.2, -0.15) is 0 Å². The van der Waals surface area contributed by atoms with Crippen molar-refractivity contribution >= 4 is 23.1 Å². The third-order valence-corrected chi connectivity index (χ3v) is 3.00. The average Bonchev–Trinajstić information content (AvgIpc) is 2.44. The van der Waals surface area contributed by atoms with E-state index in [0.29, 0.717) is 16.9 Å². The number of benzene rings is 1. The maximum Gasteiger partial charge on any atom is 0.277 e. The summed E-state index contributed by atoms with van der Waals surface area (Å²) in [7, 11) is 0. The van der Waals surface area contributed by atoms with Crippen LogP contribution in [0.2, 0.25) is 0 Å². The molecule has 1 aliphatic carbocycles. The number of nitro groups is 1. The van der Waals surface area contributed by atoms with Gasteiger partial charge in [-0.05, 0) is 49.3 Å². The Morgan fingerprint density at radius 3 is 2.10 bits per heavy atom. The summed E-state index contributed by atoms with van der Waals surface area (Å²) in [6.07, 6.45) is 3.08. The van der Waals surface area contributed by atoms with Crippen LogP contribution >= 0.6 is 0 Å². The number of rotatable bonds is 2. The second-order valence-electron chi connectivity index (χ2n) is 4.63. The molecule has 1 aromatic rings. The summed E-state index contributed by atoms with van der Waals surface area (Å²) in [6.45, 7) is 3.31. The molecule has 6 heteroatoms. The van der Waals surface area contributed by atoms with Crippen LogP contribution < -0.4 is 0 Å². The van der Waals surface area contributed by atoms with Crippen molar-refractivity contribution in [1.82, 2.24) is 0 Å². The van der Waals surface area contributed by atoms with E-state index < -0.39 is 10.8 Å². The lowest BCUT2D eigenvalue weighted by atomic mass is 9.98. The van der Waals surface area contributed by atoms with Crippen LogP contribution in [0.25, 0.3) is 0 Å². The predicted molar refractivity (Wildman–Crippen MR) is 77.4 cm³/mol. The minimum atomic E-state index is -0.537. The molecule has 0 atom stereocenters. The van der Waals surface area contributed by atoms with Crippen LogP contribution in [0.15, 0.2) is 52.6 Å². The number of carbonyl (C=O) groups is 2. The van der Waals surface area contributed by atoms with E-state index in [1.54, 1.807) is 26.0 Å². The summed E-state index contributed by atoms with van der Waals surface area (Å²) in [5, 5.41) is 10.5. The molecule has 0 heterocycles. The summed E-state index contributed by atoms with van der Waals surface area (Å²) in [6, 6.07) is 5.21. The summed E-state index contributed by atoms with van der Waals surface area (Å²) in [4.78, 5) is 37.5. The zero-order chi connectivity index (χ0) is 15.6. The van der Waals surface area contributed by atoms with E-state index in [-0.39, 0.29) is 17.0 Å². The average molecular weight is 284 g/mol. The molecule has 6 nitrogen and oxygen atoms in total. The van der Waals surface area contributed by atoms with Crippen molar-refractivity contribution in [1.29, 1.82) is 0 Å². The van der Waals surface area contributed by atoms with Crippen LogP contribution in [0, 0.1) is 10.1 Å². The van der Waals surface area contributed by atoms with Crippen LogP contribution in [0.4, 0.5) is 5.69 Å². The minimum absolute atomic E-state index is 0.0725. The normalized spacial score (nSPS) is 14.4. The molecule has 106 valence electrons. The lowest BCUT2D eigenvalue weighted by molar-refractivity contribution is -0.384. The van der Waals surface area contributed by atoms with Gasteiger partial charge >= 0.3 is 0 Å². The molecule has 1 amide bonds. The third-order valence-electron chi connectivity index (χ3n) is 3.00. The first-order valence-electron chi connectivity index (χ1n) is 6.17. The molecule has 0 saturated carbocycles. The smallest absolute Gasteiger partial charge is 0.277 e. The Hall–Kier alpha value is -2.89. The summed E-state index contributed by atoms with van der Waals surface area (Å²) < 4.78 is 0. The number of nitro benzene ring substituents is 1. The summed E-state index contributed by atoms with van der Waals surface area (Å²) in [5.74, 6) is -0.584. The highest BCUT2D eigenvalue weighted by atomic mass is 16.6. The highest BCUT2D eigenvalue weighted by Crippen LogP contribution is 2.15. The number of ketones is 1. The predicted octanol–water partition coefficient (Wildman–Crippen LogP) is 2.65. The van der Waals surface area contributed by atoms with E-state index in [9.17, 15) is 19.7 Å². The van der Waals surface area contributed by atoms with Crippen LogP contribution in [-0.2, 0) is 4.79 Å². The van der Waals surface area contributed by atoms with Crippen molar-refractivity contribution < 1.29 is 14.5 Å². The van der Waals surface area contributed by atoms with Gasteiger partial charge in [-0.25, -0.2) is 4.99 Å². The van der Waals surface area contributed by atoms with Crippen molar-refractivity contribution in [2.24, 2.45) is 4.99 Å². The third kappa shape index (κ3) is 3.17. The van der Waals surface area contributed by atoms with Gasteiger partial charge < -0.3 is 0 Å². The first-order chi connectivity index (χ1) is 9.88. The van der Waals surface area contributed by atoms with Gasteiger partial charge in [0.05, 0.1) is 10.6 Å². The number of amides is 1. The number of nitrogens with zero attached hydrogens (tertiary/aromatic N) is 2. The molecule has 0 saturated heterocycles. The molecule has 1 aromatic carbocycles. The van der Waals surface area contributed by atoms with E-state index in [0.717, 1.165) is 0 Å². The minimum Gasteiger partial charge on any atom is -0.289 e. The van der Waals surface area contributed by atoms with E-state index in [1.807, 2.05) is 0 Å². The number of Topliss-reactive ketones (excluding diaryl/α,β-unsaturated/α-hetero) is 1. The summed E-state index contributed by atoms with van der Waals surface area (Å²) in [5.41, 5.74) is 1.60. The van der Waals surface area contributed by atoms with E-state index >= 15 is 0 Å². The van der Waals surface area contributed by atoms with Gasteiger partial charge in [0.1, 0.15) is 0 Å². The fraction of sp³-hybridized carbons (Fsp3) is 0.133. The largest absolute Gasteiger partial charge is 0.289 e. The topological polar surface area (TPSA) is 89.6 Å². The zero-order valence-electron chi connectivity index (χ0n) is 11.5. The molecule has 0 unspecified atom stereocenters. The highest BCUT2D eigenvalue weighted by Gasteiger charge is 2.15. The maximum absolute atomic E-state index is 12.0. The maximum atomic E-state index is 12.0. The van der Waals surface area contributed by atoms with Gasteiger partial charge in [0.2, 0.25) is 0 Å². The van der Waals surface area contributed by atoms with Gasteiger partial charge in [-0.1, -0.05) is 0 Å². The molecule has 0 aromatic heterocycles. The van der Waals surface area contributed by atoms with Crippen molar-refractivity contribution in [2.75, 3.05) is 0 Å². The van der Waals surface area contributed by atoms with Crippen LogP contribution in [0.1, 0.15) is 24.2 Å². The van der Waals surface area contributed by atoms with Crippen molar-refractivity contribution in [2.45, 2.75) is 13.8 Å². The van der Waals surface area contributed by atoms with E-state index in [2.05, 4.69) is 4.99 Å². The van der Waals surface area contributed by atoms with Crippen molar-refractivity contribution in [3.8, 4) is 0 Å². The first kappa shape index (κ1) is 14.5. The Balaban J connectivity index is 2.27. The van der Waals surface area contributed by atoms with E-state index in [4.69, 9.17) is 0 Å². The quantitative estimate of drug-likeness (QED) is 0.474. The number of hydrogen-bond donors (Lipinski definition) is 0. The lowest BCUT2D eigenvalue weighted by Gasteiger charge is -2.08. The van der Waals surface area contributed by atoms with Gasteiger partial charge in [-0.15, -0.1) is 0 Å². The molecular weight excluding hydrogens is 272 g/mol. The van der Waals surface area contributed by atoms with Crippen molar-refractivity contribution in [3.05, 3.63) is 63.2 Å². The summed E-state index contributed by atoms with van der Waals surface area (Å²) >= 11 is 0. The van der Waals surface area contributed by atoms with Gasteiger partial charge in [0.15, 0.2) is 5.78 Å². The van der Waals surface area contributed by atoms with Crippen LogP contribution in [0.5, 0.6) is 0 Å². The molecule has 0 radical (unpaired) electrons. The molecular formula is C15H12N2O4. The number of non-ortho nitro benzene ring substituents is 1. The molecule has 0 fully saturated rings. The molecule has 21 heavy (non-hydrogen) atoms. The molecule has 0 aliphatic heterocycles. The Labute approximate surface area is 120 Å². The molecule has 1 aliphatic rings. The number of carbonyl (C=O) groups excluding carboxylic acids is 2. The molecule has 0 bridgehead atoms. The second kappa shape index (κ2) is 5.62. The second-order valence-corrected chi connectivity index (χ2v) is 4.63.